The van der Waals surface area contributed by atoms with Gasteiger partial charge < -0.3 is 15.5 Å². The van der Waals surface area contributed by atoms with Gasteiger partial charge in [-0.05, 0) is 52.2 Å². The van der Waals surface area contributed by atoms with Crippen molar-refractivity contribution in [3.8, 4) is 0 Å². The number of hydrogen-bond acceptors (Lipinski definition) is 2. The number of aryl methyl sites for hydroxylation is 1. The molecule has 126 valence electrons. The average molecular weight is 317 g/mol. The molecule has 2 rings (SSSR count). The third kappa shape index (κ3) is 4.98. The van der Waals surface area contributed by atoms with Crippen molar-refractivity contribution in [2.75, 3.05) is 13.1 Å². The lowest BCUT2D eigenvalue weighted by atomic mass is 10.0. The molecule has 0 saturated carbocycles. The van der Waals surface area contributed by atoms with Crippen LogP contribution in [0.15, 0.2) is 24.3 Å². The van der Waals surface area contributed by atoms with Crippen LogP contribution in [0, 0.1) is 6.92 Å². The molecule has 5 heteroatoms. The van der Waals surface area contributed by atoms with E-state index in [0.29, 0.717) is 13.1 Å². The SMILES string of the molecule is Cc1ccccc1C(=O)NC1CCN(C(=O)NC(C)(C)C)CC1. The number of nitrogens with one attached hydrogen (secondary N) is 2. The molecular weight excluding hydrogens is 290 g/mol. The van der Waals surface area contributed by atoms with Crippen LogP contribution >= 0.6 is 0 Å². The maximum atomic E-state index is 12.3. The number of amides is 3. The molecule has 23 heavy (non-hydrogen) atoms. The van der Waals surface area contributed by atoms with Gasteiger partial charge in [0, 0.05) is 30.2 Å². The van der Waals surface area contributed by atoms with Crippen molar-refractivity contribution in [2.45, 2.75) is 52.1 Å². The second-order valence-electron chi connectivity index (χ2n) is 7.23. The molecule has 1 fully saturated rings. The zero-order chi connectivity index (χ0) is 17.0. The zero-order valence-corrected chi connectivity index (χ0v) is 14.5. The predicted octanol–water partition coefficient (Wildman–Crippen LogP) is 2.70. The van der Waals surface area contributed by atoms with Crippen LogP contribution in [-0.2, 0) is 0 Å². The zero-order valence-electron chi connectivity index (χ0n) is 14.5. The van der Waals surface area contributed by atoms with Gasteiger partial charge in [0.25, 0.3) is 5.91 Å². The lowest BCUT2D eigenvalue weighted by Crippen LogP contribution is -2.53. The largest absolute Gasteiger partial charge is 0.349 e. The third-order valence-electron chi connectivity index (χ3n) is 3.99. The minimum atomic E-state index is -0.229. The highest BCUT2D eigenvalue weighted by molar-refractivity contribution is 5.95. The lowest BCUT2D eigenvalue weighted by molar-refractivity contribution is 0.0916. The molecule has 0 radical (unpaired) electrons. The number of carbonyl (C=O) groups is 2. The normalized spacial score (nSPS) is 16.1. The van der Waals surface area contributed by atoms with E-state index in [1.807, 2.05) is 56.9 Å². The van der Waals surface area contributed by atoms with Crippen LogP contribution in [0.1, 0.15) is 49.5 Å². The standard InChI is InChI=1S/C18H27N3O2/c1-13-7-5-6-8-15(13)16(22)19-14-9-11-21(12-10-14)17(23)20-18(2,3)4/h5-8,14H,9-12H2,1-4H3,(H,19,22)(H,20,23). The Labute approximate surface area is 138 Å². The van der Waals surface area contributed by atoms with E-state index in [4.69, 9.17) is 0 Å². The van der Waals surface area contributed by atoms with Crippen molar-refractivity contribution < 1.29 is 9.59 Å². The quantitative estimate of drug-likeness (QED) is 0.881. The molecule has 0 spiro atoms. The van der Waals surface area contributed by atoms with Gasteiger partial charge in [0.15, 0.2) is 0 Å². The Morgan fingerprint density at radius 3 is 2.30 bits per heavy atom. The van der Waals surface area contributed by atoms with Crippen LogP contribution < -0.4 is 10.6 Å². The van der Waals surface area contributed by atoms with E-state index in [1.54, 1.807) is 0 Å². The van der Waals surface area contributed by atoms with Gasteiger partial charge in [-0.25, -0.2) is 4.79 Å². The highest BCUT2D eigenvalue weighted by Gasteiger charge is 2.26. The first-order chi connectivity index (χ1) is 10.8. The number of likely N-dealkylation sites (tertiary alicyclic amines) is 1. The Morgan fingerprint density at radius 1 is 1.13 bits per heavy atom. The highest BCUT2D eigenvalue weighted by Crippen LogP contribution is 2.14. The minimum absolute atomic E-state index is 0.0267. The molecule has 5 nitrogen and oxygen atoms in total. The number of hydrogen-bond donors (Lipinski definition) is 2. The Bertz CT molecular complexity index is 570. The summed E-state index contributed by atoms with van der Waals surface area (Å²) in [6.07, 6.45) is 1.57. The van der Waals surface area contributed by atoms with E-state index in [9.17, 15) is 9.59 Å². The van der Waals surface area contributed by atoms with Gasteiger partial charge in [0.05, 0.1) is 0 Å². The highest BCUT2D eigenvalue weighted by atomic mass is 16.2. The summed E-state index contributed by atoms with van der Waals surface area (Å²) in [5.74, 6) is -0.0271. The van der Waals surface area contributed by atoms with Gasteiger partial charge in [0.2, 0.25) is 0 Å². The molecule has 1 aliphatic rings. The van der Waals surface area contributed by atoms with Gasteiger partial charge in [-0.2, -0.15) is 0 Å². The van der Waals surface area contributed by atoms with E-state index >= 15 is 0 Å². The van der Waals surface area contributed by atoms with Gasteiger partial charge in [0.1, 0.15) is 0 Å². The molecule has 0 atom stereocenters. The number of rotatable bonds is 2. The fourth-order valence-corrected chi connectivity index (χ4v) is 2.72. The van der Waals surface area contributed by atoms with Crippen LogP contribution in [-0.4, -0.2) is 41.5 Å². The van der Waals surface area contributed by atoms with E-state index < -0.39 is 0 Å². The first kappa shape index (κ1) is 17.3. The number of nitrogens with zero attached hydrogens (tertiary/aromatic N) is 1. The lowest BCUT2D eigenvalue weighted by Gasteiger charge is -2.34. The van der Waals surface area contributed by atoms with E-state index in [2.05, 4.69) is 10.6 Å². The maximum absolute atomic E-state index is 12.3. The minimum Gasteiger partial charge on any atom is -0.349 e. The summed E-state index contributed by atoms with van der Waals surface area (Å²) in [5, 5.41) is 6.06. The summed E-state index contributed by atoms with van der Waals surface area (Å²) in [6.45, 7) is 9.19. The van der Waals surface area contributed by atoms with Crippen molar-refractivity contribution in [1.29, 1.82) is 0 Å². The van der Waals surface area contributed by atoms with Crippen LogP contribution in [0.3, 0.4) is 0 Å². The molecule has 3 amide bonds. The van der Waals surface area contributed by atoms with Crippen molar-refractivity contribution in [3.05, 3.63) is 35.4 Å². The first-order valence-electron chi connectivity index (χ1n) is 8.20. The van der Waals surface area contributed by atoms with Gasteiger partial charge >= 0.3 is 6.03 Å². The molecule has 1 aromatic rings. The summed E-state index contributed by atoms with van der Waals surface area (Å²) >= 11 is 0. The van der Waals surface area contributed by atoms with Gasteiger partial charge in [-0.3, -0.25) is 4.79 Å². The Hall–Kier alpha value is -2.04. The second-order valence-corrected chi connectivity index (χ2v) is 7.23. The van der Waals surface area contributed by atoms with E-state index in [1.165, 1.54) is 0 Å². The van der Waals surface area contributed by atoms with Crippen molar-refractivity contribution in [1.82, 2.24) is 15.5 Å². The molecule has 0 aliphatic carbocycles. The molecule has 1 saturated heterocycles. The molecule has 2 N–H and O–H groups in total. The first-order valence-corrected chi connectivity index (χ1v) is 8.20. The van der Waals surface area contributed by atoms with Crippen LogP contribution in [0.4, 0.5) is 4.79 Å². The Morgan fingerprint density at radius 2 is 1.74 bits per heavy atom. The molecular formula is C18H27N3O2. The van der Waals surface area contributed by atoms with Crippen LogP contribution in [0.25, 0.3) is 0 Å². The topological polar surface area (TPSA) is 61.4 Å². The molecule has 1 aromatic carbocycles. The van der Waals surface area contributed by atoms with Crippen LogP contribution in [0.5, 0.6) is 0 Å². The number of benzene rings is 1. The number of piperidine rings is 1. The monoisotopic (exact) mass is 317 g/mol. The molecule has 0 unspecified atom stereocenters. The predicted molar refractivity (Wildman–Crippen MR) is 91.5 cm³/mol. The van der Waals surface area contributed by atoms with E-state index in [-0.39, 0.29) is 23.5 Å². The summed E-state index contributed by atoms with van der Waals surface area (Å²) in [6, 6.07) is 7.69. The summed E-state index contributed by atoms with van der Waals surface area (Å²) in [7, 11) is 0. The molecule has 1 aliphatic heterocycles. The van der Waals surface area contributed by atoms with Crippen molar-refractivity contribution >= 4 is 11.9 Å². The van der Waals surface area contributed by atoms with Crippen LogP contribution in [0.2, 0.25) is 0 Å². The second kappa shape index (κ2) is 7.02. The Kier molecular flexibility index (Phi) is 5.29. The smallest absolute Gasteiger partial charge is 0.317 e. The number of urea groups is 1. The summed E-state index contributed by atoms with van der Waals surface area (Å²) in [5.41, 5.74) is 1.47. The van der Waals surface area contributed by atoms with E-state index in [0.717, 1.165) is 24.0 Å². The summed E-state index contributed by atoms with van der Waals surface area (Å²) in [4.78, 5) is 26.3. The van der Waals surface area contributed by atoms with Gasteiger partial charge in [-0.1, -0.05) is 18.2 Å². The van der Waals surface area contributed by atoms with Gasteiger partial charge in [-0.15, -0.1) is 0 Å². The third-order valence-corrected chi connectivity index (χ3v) is 3.99. The summed E-state index contributed by atoms with van der Waals surface area (Å²) < 4.78 is 0. The average Bonchev–Trinajstić information content (AvgIpc) is 2.46. The fourth-order valence-electron chi connectivity index (χ4n) is 2.72. The fraction of sp³-hybridized carbons (Fsp3) is 0.556. The molecule has 1 heterocycles. The van der Waals surface area contributed by atoms with Crippen molar-refractivity contribution in [2.24, 2.45) is 0 Å². The number of carbonyl (C=O) groups excluding carboxylic acids is 2. The van der Waals surface area contributed by atoms with Crippen molar-refractivity contribution in [3.63, 3.8) is 0 Å². The molecule has 0 bridgehead atoms. The Balaban J connectivity index is 1.84. The maximum Gasteiger partial charge on any atom is 0.317 e. The molecule has 0 aromatic heterocycles.